The number of Topliss-reactive ketones (excluding diaryl/α,β-unsaturated/α-hetero) is 1. The molecule has 1 N–H and O–H groups in total. The maximum atomic E-state index is 13.7. The zero-order chi connectivity index (χ0) is 24.1. The Kier molecular flexibility index (Phi) is 7.92. The number of nitrogens with one attached hydrogen (secondary N) is 1. The van der Waals surface area contributed by atoms with Crippen molar-refractivity contribution in [1.82, 2.24) is 5.32 Å². The summed E-state index contributed by atoms with van der Waals surface area (Å²) in [6, 6.07) is 7.22. The highest BCUT2D eigenvalue weighted by atomic mass is 16.6. The van der Waals surface area contributed by atoms with Crippen molar-refractivity contribution in [3.63, 3.8) is 0 Å². The molecule has 3 rings (SSSR count). The second kappa shape index (κ2) is 10.7. The third kappa shape index (κ3) is 4.95. The SMILES string of the molecule is CCOCCOC(=O)C1=C(C)NC2=C(C(=O)[C@H](C(=O)OC)[C@@H](C)C2)[C@@H]1c1cccc(OC)c1. The van der Waals surface area contributed by atoms with Crippen LogP contribution in [0.4, 0.5) is 0 Å². The van der Waals surface area contributed by atoms with Crippen molar-refractivity contribution in [1.29, 1.82) is 0 Å². The summed E-state index contributed by atoms with van der Waals surface area (Å²) in [5.41, 5.74) is 2.73. The Hall–Kier alpha value is -3.13. The molecule has 1 aliphatic carbocycles. The third-order valence-corrected chi connectivity index (χ3v) is 6.06. The zero-order valence-corrected chi connectivity index (χ0v) is 19.7. The Bertz CT molecular complexity index is 994. The molecule has 33 heavy (non-hydrogen) atoms. The van der Waals surface area contributed by atoms with Crippen molar-refractivity contribution >= 4 is 17.7 Å². The Morgan fingerprint density at radius 2 is 1.94 bits per heavy atom. The Morgan fingerprint density at radius 3 is 2.61 bits per heavy atom. The first kappa shape index (κ1) is 24.5. The van der Waals surface area contributed by atoms with E-state index in [1.54, 1.807) is 32.2 Å². The lowest BCUT2D eigenvalue weighted by atomic mass is 9.69. The molecule has 178 valence electrons. The lowest BCUT2D eigenvalue weighted by Gasteiger charge is -2.38. The second-order valence-electron chi connectivity index (χ2n) is 8.14. The first-order valence-corrected chi connectivity index (χ1v) is 11.1. The van der Waals surface area contributed by atoms with E-state index in [1.165, 1.54) is 7.11 Å². The van der Waals surface area contributed by atoms with Gasteiger partial charge in [-0.3, -0.25) is 9.59 Å². The standard InChI is InChI=1S/C25H31NO7/c1-6-32-10-11-33-25(29)20-15(3)26-18-12-14(2)19(24(28)31-5)23(27)22(18)21(20)16-8-7-9-17(13-16)30-4/h7-9,13-14,19,21,26H,6,10-12H2,1-5H3/t14-,19+,21+/m0/s1. The highest BCUT2D eigenvalue weighted by Gasteiger charge is 2.47. The number of methoxy groups -OCH3 is 2. The lowest BCUT2D eigenvalue weighted by molar-refractivity contribution is -0.151. The molecular weight excluding hydrogens is 426 g/mol. The summed E-state index contributed by atoms with van der Waals surface area (Å²) in [5, 5.41) is 3.24. The first-order chi connectivity index (χ1) is 15.8. The van der Waals surface area contributed by atoms with Crippen molar-refractivity contribution in [2.75, 3.05) is 34.0 Å². The fourth-order valence-electron chi connectivity index (χ4n) is 4.52. The quantitative estimate of drug-likeness (QED) is 0.361. The number of benzene rings is 1. The average molecular weight is 458 g/mol. The van der Waals surface area contributed by atoms with E-state index in [4.69, 9.17) is 18.9 Å². The van der Waals surface area contributed by atoms with Crippen LogP contribution in [0.2, 0.25) is 0 Å². The van der Waals surface area contributed by atoms with Crippen molar-refractivity contribution in [2.45, 2.75) is 33.1 Å². The summed E-state index contributed by atoms with van der Waals surface area (Å²) in [7, 11) is 2.83. The van der Waals surface area contributed by atoms with Crippen LogP contribution in [0.5, 0.6) is 5.75 Å². The van der Waals surface area contributed by atoms with Crippen molar-refractivity contribution in [2.24, 2.45) is 11.8 Å². The Labute approximate surface area is 193 Å². The highest BCUT2D eigenvalue weighted by molar-refractivity contribution is 6.12. The number of ketones is 1. The largest absolute Gasteiger partial charge is 0.497 e. The van der Waals surface area contributed by atoms with Crippen LogP contribution in [-0.2, 0) is 28.6 Å². The van der Waals surface area contributed by atoms with Gasteiger partial charge >= 0.3 is 11.9 Å². The van der Waals surface area contributed by atoms with Gasteiger partial charge in [-0.05, 0) is 43.9 Å². The number of hydrogen-bond donors (Lipinski definition) is 1. The van der Waals surface area contributed by atoms with Crippen LogP contribution in [0.25, 0.3) is 0 Å². The van der Waals surface area contributed by atoms with E-state index in [-0.39, 0.29) is 24.9 Å². The molecule has 0 unspecified atom stereocenters. The summed E-state index contributed by atoms with van der Waals surface area (Å²) >= 11 is 0. The smallest absolute Gasteiger partial charge is 0.336 e. The second-order valence-corrected chi connectivity index (χ2v) is 8.14. The van der Waals surface area contributed by atoms with Crippen LogP contribution in [0.1, 0.15) is 38.7 Å². The minimum absolute atomic E-state index is 0.0932. The van der Waals surface area contributed by atoms with Crippen molar-refractivity contribution < 1.29 is 33.3 Å². The fourth-order valence-corrected chi connectivity index (χ4v) is 4.52. The van der Waals surface area contributed by atoms with E-state index in [0.717, 1.165) is 0 Å². The molecule has 1 heterocycles. The molecule has 8 heteroatoms. The topological polar surface area (TPSA) is 100 Å². The predicted octanol–water partition coefficient (Wildman–Crippen LogP) is 2.89. The number of carbonyl (C=O) groups excluding carboxylic acids is 3. The molecular formula is C25H31NO7. The van der Waals surface area contributed by atoms with E-state index >= 15 is 0 Å². The number of ether oxygens (including phenoxy) is 4. The molecule has 1 aliphatic heterocycles. The van der Waals surface area contributed by atoms with Gasteiger partial charge in [0, 0.05) is 29.5 Å². The number of rotatable bonds is 8. The summed E-state index contributed by atoms with van der Waals surface area (Å²) in [6.45, 7) is 6.39. The maximum absolute atomic E-state index is 13.7. The number of carbonyl (C=O) groups is 3. The molecule has 3 atom stereocenters. The number of dihydropyridines is 1. The van der Waals surface area contributed by atoms with Gasteiger partial charge in [0.05, 0.1) is 26.4 Å². The summed E-state index contributed by atoms with van der Waals surface area (Å²) in [4.78, 5) is 39.3. The molecule has 2 aliphatic rings. The van der Waals surface area contributed by atoms with Crippen LogP contribution in [0, 0.1) is 11.8 Å². The third-order valence-electron chi connectivity index (χ3n) is 6.06. The average Bonchev–Trinajstić information content (AvgIpc) is 2.80. The number of esters is 2. The fraction of sp³-hybridized carbons (Fsp3) is 0.480. The van der Waals surface area contributed by atoms with Crippen LogP contribution < -0.4 is 10.1 Å². The molecule has 0 aromatic heterocycles. The van der Waals surface area contributed by atoms with E-state index in [2.05, 4.69) is 5.32 Å². The monoisotopic (exact) mass is 457 g/mol. The van der Waals surface area contributed by atoms with Crippen LogP contribution in [0.15, 0.2) is 46.8 Å². The van der Waals surface area contributed by atoms with Gasteiger partial charge in [0.15, 0.2) is 5.78 Å². The minimum Gasteiger partial charge on any atom is -0.497 e. The van der Waals surface area contributed by atoms with Gasteiger partial charge in [-0.15, -0.1) is 0 Å². The molecule has 0 radical (unpaired) electrons. The number of allylic oxidation sites excluding steroid dienone is 3. The Balaban J connectivity index is 2.09. The lowest BCUT2D eigenvalue weighted by Crippen LogP contribution is -2.43. The van der Waals surface area contributed by atoms with Gasteiger partial charge < -0.3 is 24.3 Å². The summed E-state index contributed by atoms with van der Waals surface area (Å²) in [5.74, 6) is -2.75. The normalized spacial score (nSPS) is 22.5. The molecule has 1 aromatic carbocycles. The van der Waals surface area contributed by atoms with Crippen LogP contribution >= 0.6 is 0 Å². The van der Waals surface area contributed by atoms with Crippen LogP contribution in [0.3, 0.4) is 0 Å². The van der Waals surface area contributed by atoms with E-state index in [0.29, 0.717) is 46.9 Å². The van der Waals surface area contributed by atoms with E-state index in [1.807, 2.05) is 19.9 Å². The molecule has 1 aromatic rings. The zero-order valence-electron chi connectivity index (χ0n) is 19.7. The van der Waals surface area contributed by atoms with Crippen molar-refractivity contribution in [3.05, 3.63) is 52.4 Å². The minimum atomic E-state index is -0.933. The predicted molar refractivity (Wildman–Crippen MR) is 120 cm³/mol. The highest BCUT2D eigenvalue weighted by Crippen LogP contribution is 2.45. The molecule has 0 saturated heterocycles. The number of hydrogen-bond acceptors (Lipinski definition) is 8. The molecule has 0 saturated carbocycles. The molecule has 0 bridgehead atoms. The van der Waals surface area contributed by atoms with Crippen molar-refractivity contribution in [3.8, 4) is 5.75 Å². The van der Waals surface area contributed by atoms with E-state index < -0.39 is 23.8 Å². The summed E-state index contributed by atoms with van der Waals surface area (Å²) in [6.07, 6.45) is 0.477. The van der Waals surface area contributed by atoms with E-state index in [9.17, 15) is 14.4 Å². The molecule has 0 fully saturated rings. The molecule has 0 amide bonds. The Morgan fingerprint density at radius 1 is 1.18 bits per heavy atom. The van der Waals surface area contributed by atoms with Crippen LogP contribution in [-0.4, -0.2) is 51.8 Å². The van der Waals surface area contributed by atoms with Gasteiger partial charge in [-0.1, -0.05) is 19.1 Å². The van der Waals surface area contributed by atoms with Gasteiger partial charge in [0.2, 0.25) is 0 Å². The molecule has 0 spiro atoms. The van der Waals surface area contributed by atoms with Gasteiger partial charge in [0.25, 0.3) is 0 Å². The molecule has 8 nitrogen and oxygen atoms in total. The van der Waals surface area contributed by atoms with Gasteiger partial charge in [-0.25, -0.2) is 4.79 Å². The first-order valence-electron chi connectivity index (χ1n) is 11.1. The maximum Gasteiger partial charge on any atom is 0.336 e. The van der Waals surface area contributed by atoms with Gasteiger partial charge in [0.1, 0.15) is 18.3 Å². The summed E-state index contributed by atoms with van der Waals surface area (Å²) < 4.78 is 21.0. The van der Waals surface area contributed by atoms with Gasteiger partial charge in [-0.2, -0.15) is 0 Å².